The Morgan fingerprint density at radius 1 is 1.38 bits per heavy atom. The number of nitrogens with one attached hydrogen (secondary N) is 1. The number of esters is 1. The molecule has 0 aromatic carbocycles. The fraction of sp³-hybridized carbons (Fsp3) is 0.500. The van der Waals surface area contributed by atoms with Crippen LogP contribution in [0.1, 0.15) is 36.0 Å². The number of fused-ring (bicyclic) bond motifs is 1. The number of hydrogen-bond donors (Lipinski definition) is 1. The van der Waals surface area contributed by atoms with Crippen molar-refractivity contribution in [1.82, 2.24) is 14.9 Å². The van der Waals surface area contributed by atoms with Crippen LogP contribution in [0.25, 0.3) is 10.2 Å². The smallest absolute Gasteiger partial charge is 0.349 e. The lowest BCUT2D eigenvalue weighted by Gasteiger charge is -2.17. The number of carbonyl (C=O) groups excluding carboxylic acids is 2. The molecule has 2 heterocycles. The van der Waals surface area contributed by atoms with Gasteiger partial charge < -0.3 is 14.6 Å². The van der Waals surface area contributed by atoms with Crippen molar-refractivity contribution in [3.63, 3.8) is 0 Å². The van der Waals surface area contributed by atoms with Gasteiger partial charge in [-0.3, -0.25) is 9.59 Å². The van der Waals surface area contributed by atoms with Crippen LogP contribution in [-0.4, -0.2) is 34.1 Å². The van der Waals surface area contributed by atoms with Gasteiger partial charge in [0.1, 0.15) is 9.71 Å². The molecule has 0 fully saturated rings. The predicted octanol–water partition coefficient (Wildman–Crippen LogP) is 1.62. The highest BCUT2D eigenvalue weighted by molar-refractivity contribution is 7.20. The summed E-state index contributed by atoms with van der Waals surface area (Å²) in [5, 5.41) is 3.18. The number of aryl methyl sites for hydroxylation is 2. The van der Waals surface area contributed by atoms with Gasteiger partial charge in [-0.1, -0.05) is 13.8 Å². The van der Waals surface area contributed by atoms with Gasteiger partial charge in [0, 0.05) is 13.1 Å². The topological polar surface area (TPSA) is 90.3 Å². The second-order valence-electron chi connectivity index (χ2n) is 6.07. The summed E-state index contributed by atoms with van der Waals surface area (Å²) < 4.78 is 6.43. The Balaban J connectivity index is 2.12. The minimum Gasteiger partial charge on any atom is -0.451 e. The number of ether oxygens (including phenoxy) is 1. The van der Waals surface area contributed by atoms with Crippen molar-refractivity contribution in [1.29, 1.82) is 0 Å². The number of carbonyl (C=O) groups is 2. The highest BCUT2D eigenvalue weighted by Crippen LogP contribution is 2.27. The number of amides is 1. The van der Waals surface area contributed by atoms with Crippen LogP contribution in [0.3, 0.4) is 0 Å². The van der Waals surface area contributed by atoms with Gasteiger partial charge in [-0.15, -0.1) is 11.3 Å². The van der Waals surface area contributed by atoms with Crippen LogP contribution in [0.15, 0.2) is 11.1 Å². The molecule has 0 aliphatic heterocycles. The summed E-state index contributed by atoms with van der Waals surface area (Å²) in [5.41, 5.74) is 0.320. The Kier molecular flexibility index (Phi) is 5.38. The third-order valence-corrected chi connectivity index (χ3v) is 5.10. The number of nitrogens with zero attached hydrogens (tertiary/aromatic N) is 2. The number of hydrogen-bond acceptors (Lipinski definition) is 6. The van der Waals surface area contributed by atoms with E-state index in [0.717, 1.165) is 11.3 Å². The molecule has 1 atom stereocenters. The first-order valence-corrected chi connectivity index (χ1v) is 8.45. The Labute approximate surface area is 143 Å². The molecule has 2 aromatic rings. The van der Waals surface area contributed by atoms with Crippen LogP contribution in [-0.2, 0) is 16.6 Å². The molecular formula is C16H21N3O4S. The molecule has 0 saturated heterocycles. The SMILES string of the molecule is Cc1c(C(=O)OCC(=O)NC(C)C(C)C)sc2ncn(C)c(=O)c12. The highest BCUT2D eigenvalue weighted by Gasteiger charge is 2.21. The van der Waals surface area contributed by atoms with E-state index in [9.17, 15) is 14.4 Å². The zero-order valence-corrected chi connectivity index (χ0v) is 15.2. The van der Waals surface area contributed by atoms with E-state index in [1.807, 2.05) is 20.8 Å². The molecule has 1 unspecified atom stereocenters. The fourth-order valence-corrected chi connectivity index (χ4v) is 3.10. The Bertz CT molecular complexity index is 838. The van der Waals surface area contributed by atoms with Crippen molar-refractivity contribution < 1.29 is 14.3 Å². The quantitative estimate of drug-likeness (QED) is 0.827. The minimum atomic E-state index is -0.620. The maximum Gasteiger partial charge on any atom is 0.349 e. The van der Waals surface area contributed by atoms with E-state index in [2.05, 4.69) is 10.3 Å². The lowest BCUT2D eigenvalue weighted by molar-refractivity contribution is -0.125. The molecule has 1 amide bonds. The van der Waals surface area contributed by atoms with E-state index in [-0.39, 0.29) is 30.0 Å². The van der Waals surface area contributed by atoms with Crippen LogP contribution in [0.5, 0.6) is 0 Å². The molecule has 0 radical (unpaired) electrons. The third kappa shape index (κ3) is 3.64. The monoisotopic (exact) mass is 351 g/mol. The van der Waals surface area contributed by atoms with Crippen LogP contribution in [0.2, 0.25) is 0 Å². The maximum atomic E-state index is 12.2. The Morgan fingerprint density at radius 3 is 2.67 bits per heavy atom. The highest BCUT2D eigenvalue weighted by atomic mass is 32.1. The summed E-state index contributed by atoms with van der Waals surface area (Å²) in [7, 11) is 1.60. The summed E-state index contributed by atoms with van der Waals surface area (Å²) in [4.78, 5) is 41.1. The summed E-state index contributed by atoms with van der Waals surface area (Å²) in [6.45, 7) is 7.20. The van der Waals surface area contributed by atoms with Gasteiger partial charge in [0.2, 0.25) is 0 Å². The maximum absolute atomic E-state index is 12.2. The average molecular weight is 351 g/mol. The molecule has 0 spiro atoms. The standard InChI is InChI=1S/C16H21N3O4S/c1-8(2)10(4)18-11(20)6-23-16(22)13-9(3)12-14(24-13)17-7-19(5)15(12)21/h7-8,10H,6H2,1-5H3,(H,18,20). The van der Waals surface area contributed by atoms with Crippen molar-refractivity contribution in [2.24, 2.45) is 13.0 Å². The third-order valence-electron chi connectivity index (χ3n) is 3.92. The first-order chi connectivity index (χ1) is 11.2. The van der Waals surface area contributed by atoms with Gasteiger partial charge in [-0.05, 0) is 25.3 Å². The first-order valence-electron chi connectivity index (χ1n) is 7.63. The molecule has 0 aliphatic rings. The summed E-state index contributed by atoms with van der Waals surface area (Å²) in [6.07, 6.45) is 1.41. The molecule has 0 saturated carbocycles. The van der Waals surface area contributed by atoms with Gasteiger partial charge >= 0.3 is 5.97 Å². The summed E-state index contributed by atoms with van der Waals surface area (Å²) in [6, 6.07) is -0.00511. The van der Waals surface area contributed by atoms with E-state index in [0.29, 0.717) is 20.7 Å². The summed E-state index contributed by atoms with van der Waals surface area (Å²) in [5.74, 6) is -0.681. The van der Waals surface area contributed by atoms with E-state index in [1.165, 1.54) is 10.9 Å². The molecule has 1 N–H and O–H groups in total. The van der Waals surface area contributed by atoms with Crippen molar-refractivity contribution in [2.45, 2.75) is 33.7 Å². The number of aromatic nitrogens is 2. The second kappa shape index (κ2) is 7.12. The molecule has 130 valence electrons. The second-order valence-corrected chi connectivity index (χ2v) is 7.07. The van der Waals surface area contributed by atoms with Gasteiger partial charge in [-0.25, -0.2) is 9.78 Å². The van der Waals surface area contributed by atoms with E-state index >= 15 is 0 Å². The van der Waals surface area contributed by atoms with Gasteiger partial charge in [0.15, 0.2) is 6.61 Å². The molecular weight excluding hydrogens is 330 g/mol. The molecule has 2 aromatic heterocycles. The molecule has 8 heteroatoms. The van der Waals surface area contributed by atoms with E-state index in [4.69, 9.17) is 4.74 Å². The van der Waals surface area contributed by atoms with E-state index < -0.39 is 5.97 Å². The molecule has 2 rings (SSSR count). The molecule has 24 heavy (non-hydrogen) atoms. The van der Waals surface area contributed by atoms with Gasteiger partial charge in [-0.2, -0.15) is 0 Å². The normalized spacial score (nSPS) is 12.4. The minimum absolute atomic E-state index is 0.00511. The van der Waals surface area contributed by atoms with Crippen molar-refractivity contribution in [2.75, 3.05) is 6.61 Å². The Hall–Kier alpha value is -2.22. The largest absolute Gasteiger partial charge is 0.451 e. The molecule has 0 aliphatic carbocycles. The van der Waals surface area contributed by atoms with Crippen LogP contribution < -0.4 is 10.9 Å². The predicted molar refractivity (Wildman–Crippen MR) is 92.3 cm³/mol. The lowest BCUT2D eigenvalue weighted by Crippen LogP contribution is -2.38. The number of rotatable bonds is 5. The van der Waals surface area contributed by atoms with Gasteiger partial charge in [0.25, 0.3) is 11.5 Å². The van der Waals surface area contributed by atoms with E-state index in [1.54, 1.807) is 14.0 Å². The van der Waals surface area contributed by atoms with Gasteiger partial charge in [0.05, 0.1) is 11.7 Å². The fourth-order valence-electron chi connectivity index (χ4n) is 2.06. The van der Waals surface area contributed by atoms with Crippen LogP contribution in [0, 0.1) is 12.8 Å². The zero-order chi connectivity index (χ0) is 18.0. The van der Waals surface area contributed by atoms with Crippen molar-refractivity contribution >= 4 is 33.4 Å². The molecule has 0 bridgehead atoms. The first kappa shape index (κ1) is 18.1. The van der Waals surface area contributed by atoms with Crippen molar-refractivity contribution in [3.8, 4) is 0 Å². The lowest BCUT2D eigenvalue weighted by atomic mass is 10.1. The average Bonchev–Trinajstić information content (AvgIpc) is 2.86. The Morgan fingerprint density at radius 2 is 2.04 bits per heavy atom. The zero-order valence-electron chi connectivity index (χ0n) is 14.4. The van der Waals surface area contributed by atoms with Crippen LogP contribution >= 0.6 is 11.3 Å². The molecule has 7 nitrogen and oxygen atoms in total. The number of thiophene rings is 1. The summed E-state index contributed by atoms with van der Waals surface area (Å²) >= 11 is 1.09. The van der Waals surface area contributed by atoms with Crippen molar-refractivity contribution in [3.05, 3.63) is 27.1 Å². The van der Waals surface area contributed by atoms with Crippen LogP contribution in [0.4, 0.5) is 0 Å².